The summed E-state index contributed by atoms with van der Waals surface area (Å²) >= 11 is 0. The first kappa shape index (κ1) is 29.5. The average molecular weight is 568 g/mol. The molecule has 9 nitrogen and oxygen atoms in total. The van der Waals surface area contributed by atoms with Crippen molar-refractivity contribution >= 4 is 35.0 Å². The molecular formula is C33H33N3O6. The van der Waals surface area contributed by atoms with Crippen LogP contribution in [0.4, 0.5) is 16.2 Å². The van der Waals surface area contributed by atoms with Crippen LogP contribution in [0.15, 0.2) is 91.0 Å². The summed E-state index contributed by atoms with van der Waals surface area (Å²) in [5.41, 5.74) is 10.5. The van der Waals surface area contributed by atoms with Crippen LogP contribution in [-0.2, 0) is 6.54 Å². The monoisotopic (exact) mass is 567 g/mol. The highest BCUT2D eigenvalue weighted by molar-refractivity contribution is 6.05. The summed E-state index contributed by atoms with van der Waals surface area (Å²) < 4.78 is 16.1. The van der Waals surface area contributed by atoms with Crippen molar-refractivity contribution in [3.63, 3.8) is 0 Å². The van der Waals surface area contributed by atoms with Gasteiger partial charge in [-0.3, -0.25) is 9.69 Å². The summed E-state index contributed by atoms with van der Waals surface area (Å²) in [5.74, 6) is 1.54. The smallest absolute Gasteiger partial charge is 0.407 e. The summed E-state index contributed by atoms with van der Waals surface area (Å²) in [4.78, 5) is 26.4. The zero-order chi connectivity index (χ0) is 30.1. The molecular weight excluding hydrogens is 534 g/mol. The topological polar surface area (TPSA) is 123 Å². The first-order valence-electron chi connectivity index (χ1n) is 13.1. The van der Waals surface area contributed by atoms with Gasteiger partial charge < -0.3 is 30.4 Å². The lowest BCUT2D eigenvalue weighted by atomic mass is 10.0. The minimum Gasteiger partial charge on any atom is -0.497 e. The SMILES string of the molecule is COc1ccc(/C(=C/c2ccc(OC)c(OC)c2)CN(Cc2ccc(C(=O)Nc3ccccc3N)cc2)C(=O)O)cc1. The predicted octanol–water partition coefficient (Wildman–Crippen LogP) is 6.27. The maximum absolute atomic E-state index is 12.7. The van der Waals surface area contributed by atoms with Gasteiger partial charge in [0.25, 0.3) is 5.91 Å². The van der Waals surface area contributed by atoms with Crippen LogP contribution in [-0.4, -0.2) is 49.9 Å². The maximum Gasteiger partial charge on any atom is 0.407 e. The number of para-hydroxylation sites is 2. The van der Waals surface area contributed by atoms with Crippen LogP contribution < -0.4 is 25.3 Å². The number of ether oxygens (including phenoxy) is 3. The Kier molecular flexibility index (Phi) is 9.68. The number of hydrogen-bond donors (Lipinski definition) is 3. The van der Waals surface area contributed by atoms with Gasteiger partial charge in [0, 0.05) is 18.7 Å². The molecule has 0 atom stereocenters. The molecule has 0 heterocycles. The Morgan fingerprint density at radius 3 is 2.12 bits per heavy atom. The molecule has 42 heavy (non-hydrogen) atoms. The third kappa shape index (κ3) is 7.39. The molecule has 0 spiro atoms. The van der Waals surface area contributed by atoms with E-state index >= 15 is 0 Å². The van der Waals surface area contributed by atoms with Crippen molar-refractivity contribution in [2.45, 2.75) is 6.54 Å². The lowest BCUT2D eigenvalue weighted by molar-refractivity contribution is 0.102. The summed E-state index contributed by atoms with van der Waals surface area (Å²) in [7, 11) is 4.72. The Morgan fingerprint density at radius 1 is 0.833 bits per heavy atom. The van der Waals surface area contributed by atoms with Crippen LogP contribution in [0.2, 0.25) is 0 Å². The van der Waals surface area contributed by atoms with Crippen molar-refractivity contribution in [1.82, 2.24) is 4.90 Å². The molecule has 0 aliphatic carbocycles. The van der Waals surface area contributed by atoms with Crippen LogP contribution >= 0.6 is 0 Å². The van der Waals surface area contributed by atoms with Gasteiger partial charge in [0.2, 0.25) is 0 Å². The van der Waals surface area contributed by atoms with E-state index in [0.717, 1.165) is 22.3 Å². The number of benzene rings is 4. The summed E-state index contributed by atoms with van der Waals surface area (Å²) in [6, 6.07) is 26.8. The van der Waals surface area contributed by atoms with E-state index in [0.29, 0.717) is 34.2 Å². The summed E-state index contributed by atoms with van der Waals surface area (Å²) in [6.45, 7) is 0.216. The highest BCUT2D eigenvalue weighted by Crippen LogP contribution is 2.30. The fraction of sp³-hybridized carbons (Fsp3) is 0.152. The van der Waals surface area contributed by atoms with Gasteiger partial charge in [0.15, 0.2) is 11.5 Å². The molecule has 0 unspecified atom stereocenters. The van der Waals surface area contributed by atoms with E-state index < -0.39 is 6.09 Å². The van der Waals surface area contributed by atoms with Crippen LogP contribution in [0.1, 0.15) is 27.0 Å². The third-order valence-corrected chi connectivity index (χ3v) is 6.64. The fourth-order valence-corrected chi connectivity index (χ4v) is 4.35. The first-order valence-corrected chi connectivity index (χ1v) is 13.1. The quantitative estimate of drug-likeness (QED) is 0.144. The van der Waals surface area contributed by atoms with E-state index in [1.807, 2.05) is 42.5 Å². The van der Waals surface area contributed by atoms with Crippen molar-refractivity contribution < 1.29 is 28.9 Å². The lowest BCUT2D eigenvalue weighted by Crippen LogP contribution is -2.30. The Balaban J connectivity index is 1.57. The third-order valence-electron chi connectivity index (χ3n) is 6.64. The maximum atomic E-state index is 12.7. The predicted molar refractivity (Wildman–Crippen MR) is 164 cm³/mol. The summed E-state index contributed by atoms with van der Waals surface area (Å²) in [6.07, 6.45) is 0.839. The first-order chi connectivity index (χ1) is 20.3. The number of nitrogens with two attached hydrogens (primary N) is 1. The Bertz CT molecular complexity index is 1570. The number of rotatable bonds is 11. The minimum atomic E-state index is -1.08. The van der Waals surface area contributed by atoms with Crippen molar-refractivity contribution in [3.05, 3.63) is 113 Å². The molecule has 4 aromatic carbocycles. The molecule has 4 aromatic rings. The standard InChI is InChI=1S/C33H33N3O6/c1-40-27-15-13-24(14-16-27)26(18-23-10-17-30(41-2)31(19-23)42-3)21-36(33(38)39)20-22-8-11-25(12-9-22)32(37)35-29-7-5-4-6-28(29)34/h4-19H,20-21,34H2,1-3H3,(H,35,37)(H,38,39)/b26-18+. The molecule has 4 N–H and O–H groups in total. The minimum absolute atomic E-state index is 0.103. The van der Waals surface area contributed by atoms with Gasteiger partial charge in [-0.05, 0) is 76.9 Å². The van der Waals surface area contributed by atoms with Gasteiger partial charge in [-0.2, -0.15) is 0 Å². The van der Waals surface area contributed by atoms with Crippen molar-refractivity contribution in [3.8, 4) is 17.2 Å². The lowest BCUT2D eigenvalue weighted by Gasteiger charge is -2.22. The average Bonchev–Trinajstić information content (AvgIpc) is 3.01. The van der Waals surface area contributed by atoms with Gasteiger partial charge in [-0.15, -0.1) is 0 Å². The Labute approximate surface area is 244 Å². The number of nitrogens with zero attached hydrogens (tertiary/aromatic N) is 1. The number of carbonyl (C=O) groups is 2. The fourth-order valence-electron chi connectivity index (χ4n) is 4.35. The molecule has 2 amide bonds. The normalized spacial score (nSPS) is 11.0. The molecule has 0 aliphatic heterocycles. The number of anilines is 2. The zero-order valence-corrected chi connectivity index (χ0v) is 23.7. The molecule has 9 heteroatoms. The number of nitrogens with one attached hydrogen (secondary N) is 1. The largest absolute Gasteiger partial charge is 0.497 e. The number of carbonyl (C=O) groups excluding carboxylic acids is 1. The molecule has 0 aromatic heterocycles. The van der Waals surface area contributed by atoms with E-state index in [1.165, 1.54) is 4.90 Å². The molecule has 0 saturated carbocycles. The number of amides is 2. The number of hydrogen-bond acceptors (Lipinski definition) is 6. The van der Waals surface area contributed by atoms with E-state index in [9.17, 15) is 14.7 Å². The highest BCUT2D eigenvalue weighted by atomic mass is 16.5. The van der Waals surface area contributed by atoms with E-state index in [2.05, 4.69) is 5.32 Å². The van der Waals surface area contributed by atoms with Crippen LogP contribution in [0.25, 0.3) is 11.6 Å². The second-order valence-electron chi connectivity index (χ2n) is 9.39. The molecule has 0 radical (unpaired) electrons. The van der Waals surface area contributed by atoms with Gasteiger partial charge in [-0.1, -0.05) is 42.5 Å². The Morgan fingerprint density at radius 2 is 1.50 bits per heavy atom. The molecule has 4 rings (SSSR count). The van der Waals surface area contributed by atoms with Gasteiger partial charge >= 0.3 is 6.09 Å². The summed E-state index contributed by atoms with van der Waals surface area (Å²) in [5, 5.41) is 12.9. The molecule has 0 bridgehead atoms. The Hall–Kier alpha value is -5.44. The van der Waals surface area contributed by atoms with Gasteiger partial charge in [0.05, 0.1) is 32.7 Å². The second kappa shape index (κ2) is 13.8. The molecule has 0 aliphatic rings. The van der Waals surface area contributed by atoms with Crippen LogP contribution in [0, 0.1) is 0 Å². The van der Waals surface area contributed by atoms with E-state index in [-0.39, 0.29) is 19.0 Å². The van der Waals surface area contributed by atoms with E-state index in [1.54, 1.807) is 75.9 Å². The second-order valence-corrected chi connectivity index (χ2v) is 9.39. The molecule has 0 fully saturated rings. The van der Waals surface area contributed by atoms with Crippen molar-refractivity contribution in [2.24, 2.45) is 0 Å². The highest BCUT2D eigenvalue weighted by Gasteiger charge is 2.17. The van der Waals surface area contributed by atoms with Crippen molar-refractivity contribution in [1.29, 1.82) is 0 Å². The number of methoxy groups -OCH3 is 3. The number of carboxylic acid groups (broad SMARTS) is 1. The van der Waals surface area contributed by atoms with Crippen molar-refractivity contribution in [2.75, 3.05) is 38.9 Å². The van der Waals surface area contributed by atoms with Crippen LogP contribution in [0.3, 0.4) is 0 Å². The zero-order valence-electron chi connectivity index (χ0n) is 23.7. The van der Waals surface area contributed by atoms with Crippen LogP contribution in [0.5, 0.6) is 17.2 Å². The van der Waals surface area contributed by atoms with Gasteiger partial charge in [-0.25, -0.2) is 4.79 Å². The number of nitrogen functional groups attached to an aromatic ring is 1. The molecule has 0 saturated heterocycles. The van der Waals surface area contributed by atoms with E-state index in [4.69, 9.17) is 19.9 Å². The molecule has 216 valence electrons. The van der Waals surface area contributed by atoms with Gasteiger partial charge in [0.1, 0.15) is 5.75 Å².